The van der Waals surface area contributed by atoms with Crippen LogP contribution in [0.1, 0.15) is 5.56 Å². The van der Waals surface area contributed by atoms with Gasteiger partial charge in [0.25, 0.3) is 0 Å². The minimum atomic E-state index is -0.293. The fraction of sp³-hybridized carbons (Fsp3) is 0.174. The molecule has 4 aromatic rings. The van der Waals surface area contributed by atoms with Crippen LogP contribution in [0, 0.1) is 0 Å². The van der Waals surface area contributed by atoms with Crippen molar-refractivity contribution in [3.8, 4) is 17.0 Å². The number of nitrogens with zero attached hydrogens (tertiary/aromatic N) is 3. The third-order valence-electron chi connectivity index (χ3n) is 4.76. The van der Waals surface area contributed by atoms with Crippen LogP contribution in [0.25, 0.3) is 16.9 Å². The molecule has 0 fully saturated rings. The van der Waals surface area contributed by atoms with Gasteiger partial charge in [0, 0.05) is 23.9 Å². The standard InChI is InChI=1S/C23H22BrN5O4/c24-18-13-26-29-21(11-19(28-23(18)29)17-6-1-2-7-20(17)31)25-12-15-4-3-5-16(10-15)27-22(32)14-33-9-8-30/h1-7,10-11,13,25,30-31H,8-9,12,14H2,(H,27,32). The molecule has 170 valence electrons. The van der Waals surface area contributed by atoms with Gasteiger partial charge in [-0.05, 0) is 45.8 Å². The van der Waals surface area contributed by atoms with E-state index >= 15 is 0 Å². The molecular formula is C23H22BrN5O4. The average molecular weight is 512 g/mol. The molecule has 10 heteroatoms. The summed E-state index contributed by atoms with van der Waals surface area (Å²) in [6.45, 7) is 0.321. The molecule has 0 aliphatic carbocycles. The number of aliphatic hydroxyl groups is 1. The maximum Gasteiger partial charge on any atom is 0.250 e. The Morgan fingerprint density at radius 1 is 1.15 bits per heavy atom. The quantitative estimate of drug-likeness (QED) is 0.254. The minimum absolute atomic E-state index is 0.115. The van der Waals surface area contributed by atoms with Gasteiger partial charge in [0.2, 0.25) is 5.91 Å². The number of aliphatic hydroxyl groups excluding tert-OH is 1. The largest absolute Gasteiger partial charge is 0.507 e. The molecular weight excluding hydrogens is 490 g/mol. The van der Waals surface area contributed by atoms with Crippen molar-refractivity contribution in [1.82, 2.24) is 14.6 Å². The number of halogens is 1. The van der Waals surface area contributed by atoms with Gasteiger partial charge in [-0.2, -0.15) is 9.61 Å². The van der Waals surface area contributed by atoms with E-state index in [1.165, 1.54) is 0 Å². The lowest BCUT2D eigenvalue weighted by Crippen LogP contribution is -2.19. The predicted octanol–water partition coefficient (Wildman–Crippen LogP) is 3.42. The van der Waals surface area contributed by atoms with E-state index in [1.807, 2.05) is 30.3 Å². The number of amides is 1. The zero-order valence-electron chi connectivity index (χ0n) is 17.5. The van der Waals surface area contributed by atoms with Crippen molar-refractivity contribution in [2.24, 2.45) is 0 Å². The van der Waals surface area contributed by atoms with Gasteiger partial charge in [-0.25, -0.2) is 4.98 Å². The van der Waals surface area contributed by atoms with E-state index in [2.05, 4.69) is 36.6 Å². The summed E-state index contributed by atoms with van der Waals surface area (Å²) in [6, 6.07) is 16.3. The third-order valence-corrected chi connectivity index (χ3v) is 5.32. The van der Waals surface area contributed by atoms with Crippen LogP contribution in [0.5, 0.6) is 5.75 Å². The van der Waals surface area contributed by atoms with Crippen LogP contribution in [0.15, 0.2) is 65.3 Å². The number of anilines is 2. The monoisotopic (exact) mass is 511 g/mol. The summed E-state index contributed by atoms with van der Waals surface area (Å²) in [7, 11) is 0. The molecule has 0 saturated carbocycles. The molecule has 0 unspecified atom stereocenters. The fourth-order valence-corrected chi connectivity index (χ4v) is 3.62. The first-order valence-corrected chi connectivity index (χ1v) is 11.0. The minimum Gasteiger partial charge on any atom is -0.507 e. The molecule has 0 aliphatic heterocycles. The number of para-hydroxylation sites is 1. The molecule has 0 radical (unpaired) electrons. The molecule has 2 aromatic carbocycles. The number of ether oxygens (including phenoxy) is 1. The molecule has 4 N–H and O–H groups in total. The number of aromatic hydroxyl groups is 1. The highest BCUT2D eigenvalue weighted by Crippen LogP contribution is 2.31. The van der Waals surface area contributed by atoms with Crippen LogP contribution in [0.4, 0.5) is 11.5 Å². The van der Waals surface area contributed by atoms with E-state index in [9.17, 15) is 9.90 Å². The summed E-state index contributed by atoms with van der Waals surface area (Å²) in [4.78, 5) is 16.6. The zero-order chi connectivity index (χ0) is 23.2. The van der Waals surface area contributed by atoms with Crippen molar-refractivity contribution >= 4 is 39.0 Å². The first-order valence-electron chi connectivity index (χ1n) is 10.2. The van der Waals surface area contributed by atoms with E-state index < -0.39 is 0 Å². The summed E-state index contributed by atoms with van der Waals surface area (Å²) in [5, 5.41) is 29.5. The molecule has 0 spiro atoms. The van der Waals surface area contributed by atoms with E-state index in [-0.39, 0.29) is 31.5 Å². The first kappa shape index (κ1) is 22.7. The van der Waals surface area contributed by atoms with Gasteiger partial charge in [0.05, 0.1) is 29.6 Å². The number of phenolic OH excluding ortho intramolecular Hbond substituents is 1. The highest BCUT2D eigenvalue weighted by atomic mass is 79.9. The number of phenols is 1. The fourth-order valence-electron chi connectivity index (χ4n) is 3.27. The molecule has 0 atom stereocenters. The van der Waals surface area contributed by atoms with Gasteiger partial charge >= 0.3 is 0 Å². The maximum atomic E-state index is 11.9. The van der Waals surface area contributed by atoms with Crippen molar-refractivity contribution in [2.45, 2.75) is 6.54 Å². The molecule has 1 amide bonds. The zero-order valence-corrected chi connectivity index (χ0v) is 19.1. The van der Waals surface area contributed by atoms with Gasteiger partial charge in [0.15, 0.2) is 5.65 Å². The van der Waals surface area contributed by atoms with Crippen molar-refractivity contribution in [1.29, 1.82) is 0 Å². The van der Waals surface area contributed by atoms with Crippen molar-refractivity contribution < 1.29 is 19.7 Å². The van der Waals surface area contributed by atoms with Gasteiger partial charge < -0.3 is 25.6 Å². The van der Waals surface area contributed by atoms with Gasteiger partial charge in [-0.15, -0.1) is 0 Å². The van der Waals surface area contributed by atoms with Crippen molar-refractivity contribution in [2.75, 3.05) is 30.5 Å². The van der Waals surface area contributed by atoms with Crippen LogP contribution < -0.4 is 10.6 Å². The molecule has 0 saturated heterocycles. The highest BCUT2D eigenvalue weighted by molar-refractivity contribution is 9.10. The smallest absolute Gasteiger partial charge is 0.250 e. The number of carbonyl (C=O) groups is 1. The lowest BCUT2D eigenvalue weighted by molar-refractivity contribution is -0.120. The Morgan fingerprint density at radius 3 is 2.82 bits per heavy atom. The topological polar surface area (TPSA) is 121 Å². The normalized spacial score (nSPS) is 11.0. The van der Waals surface area contributed by atoms with Crippen molar-refractivity contribution in [3.05, 3.63) is 70.8 Å². The summed E-state index contributed by atoms with van der Waals surface area (Å²) < 4.78 is 7.45. The second kappa shape index (κ2) is 10.4. The summed E-state index contributed by atoms with van der Waals surface area (Å²) >= 11 is 3.48. The number of nitrogens with one attached hydrogen (secondary N) is 2. The predicted molar refractivity (Wildman–Crippen MR) is 128 cm³/mol. The SMILES string of the molecule is O=C(COCCO)Nc1cccc(CNc2cc(-c3ccccc3O)nc3c(Br)cnn23)c1. The molecule has 9 nitrogen and oxygen atoms in total. The van der Waals surface area contributed by atoms with Crippen LogP contribution in [0.3, 0.4) is 0 Å². The Morgan fingerprint density at radius 2 is 2.00 bits per heavy atom. The lowest BCUT2D eigenvalue weighted by Gasteiger charge is -2.12. The van der Waals surface area contributed by atoms with Crippen LogP contribution in [-0.4, -0.2) is 50.5 Å². The molecule has 2 heterocycles. The van der Waals surface area contributed by atoms with Crippen molar-refractivity contribution in [3.63, 3.8) is 0 Å². The van der Waals surface area contributed by atoms with Gasteiger partial charge in [-0.1, -0.05) is 24.3 Å². The molecule has 33 heavy (non-hydrogen) atoms. The summed E-state index contributed by atoms with van der Waals surface area (Å²) in [5.41, 5.74) is 3.41. The number of carbonyl (C=O) groups excluding carboxylic acids is 1. The summed E-state index contributed by atoms with van der Waals surface area (Å²) in [6.07, 6.45) is 1.66. The van der Waals surface area contributed by atoms with Gasteiger partial charge in [-0.3, -0.25) is 4.79 Å². The molecule has 0 bridgehead atoms. The maximum absolute atomic E-state index is 11.9. The number of aromatic nitrogens is 3. The second-order valence-corrected chi connectivity index (χ2v) is 8.00. The van der Waals surface area contributed by atoms with E-state index in [1.54, 1.807) is 35.0 Å². The molecule has 0 aliphatic rings. The second-order valence-electron chi connectivity index (χ2n) is 7.15. The third kappa shape index (κ3) is 5.48. The highest BCUT2D eigenvalue weighted by Gasteiger charge is 2.13. The van der Waals surface area contributed by atoms with E-state index in [0.29, 0.717) is 35.0 Å². The van der Waals surface area contributed by atoms with Crippen LogP contribution in [-0.2, 0) is 16.1 Å². The Balaban J connectivity index is 1.54. The molecule has 2 aromatic heterocycles. The number of benzene rings is 2. The number of fused-ring (bicyclic) bond motifs is 1. The van der Waals surface area contributed by atoms with Crippen LogP contribution >= 0.6 is 15.9 Å². The number of hydrogen-bond donors (Lipinski definition) is 4. The lowest BCUT2D eigenvalue weighted by atomic mass is 10.1. The Labute approximate surface area is 198 Å². The Bertz CT molecular complexity index is 1280. The van der Waals surface area contributed by atoms with E-state index in [4.69, 9.17) is 9.84 Å². The first-order chi connectivity index (χ1) is 16.0. The number of rotatable bonds is 9. The van der Waals surface area contributed by atoms with Crippen LogP contribution in [0.2, 0.25) is 0 Å². The van der Waals surface area contributed by atoms with Gasteiger partial charge in [0.1, 0.15) is 18.2 Å². The average Bonchev–Trinajstić information content (AvgIpc) is 3.19. The van der Waals surface area contributed by atoms with E-state index in [0.717, 1.165) is 10.0 Å². The number of hydrogen-bond acceptors (Lipinski definition) is 7. The molecule has 4 rings (SSSR count). The summed E-state index contributed by atoms with van der Waals surface area (Å²) in [5.74, 6) is 0.538. The Hall–Kier alpha value is -3.47. The Kier molecular flexibility index (Phi) is 7.18.